The zero-order valence-corrected chi connectivity index (χ0v) is 24.1. The molecule has 45 heavy (non-hydrogen) atoms. The molecule has 1 saturated carbocycles. The number of amides is 1. The highest BCUT2D eigenvalue weighted by atomic mass is 16.3. The molecule has 2 aliphatic rings. The van der Waals surface area contributed by atoms with Gasteiger partial charge in [-0.1, -0.05) is 6.07 Å². The average molecular weight is 597 g/mol. The number of aromatic nitrogens is 6. The van der Waals surface area contributed by atoms with Crippen molar-refractivity contribution in [1.29, 1.82) is 0 Å². The van der Waals surface area contributed by atoms with Gasteiger partial charge in [-0.2, -0.15) is 5.10 Å². The van der Waals surface area contributed by atoms with E-state index in [4.69, 9.17) is 15.7 Å². The van der Waals surface area contributed by atoms with Crippen molar-refractivity contribution in [3.05, 3.63) is 107 Å². The molecule has 0 bridgehead atoms. The van der Waals surface area contributed by atoms with Crippen LogP contribution in [-0.4, -0.2) is 46.6 Å². The number of imidazole rings is 1. The monoisotopic (exact) mass is 596 g/mol. The summed E-state index contributed by atoms with van der Waals surface area (Å²) in [5.41, 5.74) is 13.2. The summed E-state index contributed by atoms with van der Waals surface area (Å²) in [6.07, 6.45) is 9.50. The van der Waals surface area contributed by atoms with Gasteiger partial charge in [0, 0.05) is 29.8 Å². The van der Waals surface area contributed by atoms with Crippen LogP contribution in [0.25, 0.3) is 34.1 Å². The number of aryl methyl sites for hydroxylation is 1. The summed E-state index contributed by atoms with van der Waals surface area (Å²) in [7, 11) is 0. The summed E-state index contributed by atoms with van der Waals surface area (Å²) >= 11 is 0. The maximum absolute atomic E-state index is 13.1. The van der Waals surface area contributed by atoms with E-state index in [1.807, 2.05) is 41.1 Å². The fraction of sp³-hybridized carbons (Fsp3) is 0.176. The quantitative estimate of drug-likeness (QED) is 0.216. The number of fused-ring (bicyclic) bond motifs is 2. The number of carbonyl (C=O) groups excluding carboxylic acids is 2. The molecular weight excluding hydrogens is 568 g/mol. The van der Waals surface area contributed by atoms with Crippen LogP contribution in [0, 0.1) is 0 Å². The zero-order valence-electron chi connectivity index (χ0n) is 24.1. The molecule has 1 atom stereocenters. The predicted octanol–water partition coefficient (Wildman–Crippen LogP) is 5.06. The van der Waals surface area contributed by atoms with Gasteiger partial charge in [-0.05, 0) is 103 Å². The van der Waals surface area contributed by atoms with Gasteiger partial charge in [0.05, 0.1) is 17.2 Å². The second-order valence-corrected chi connectivity index (χ2v) is 11.5. The number of benzene rings is 2. The average Bonchev–Trinajstić information content (AvgIpc) is 3.42. The second-order valence-electron chi connectivity index (χ2n) is 11.5. The van der Waals surface area contributed by atoms with Crippen molar-refractivity contribution in [1.82, 2.24) is 34.6 Å². The van der Waals surface area contributed by atoms with Crippen molar-refractivity contribution in [2.75, 3.05) is 5.73 Å². The van der Waals surface area contributed by atoms with E-state index in [-0.39, 0.29) is 23.3 Å². The summed E-state index contributed by atoms with van der Waals surface area (Å²) in [6.45, 7) is 0. The fourth-order valence-corrected chi connectivity index (χ4v) is 6.24. The normalized spacial score (nSPS) is 15.7. The third kappa shape index (κ3) is 4.60. The number of carbonyl (C=O) groups is 2. The van der Waals surface area contributed by atoms with Gasteiger partial charge in [0.1, 0.15) is 17.1 Å². The largest absolute Gasteiger partial charge is 0.507 e. The molecule has 8 rings (SSSR count). The van der Waals surface area contributed by atoms with Gasteiger partial charge in [-0.3, -0.25) is 14.2 Å². The third-order valence-corrected chi connectivity index (χ3v) is 8.65. The number of hydrogen-bond donors (Lipinski definition) is 3. The van der Waals surface area contributed by atoms with Crippen molar-refractivity contribution < 1.29 is 14.7 Å². The van der Waals surface area contributed by atoms with Gasteiger partial charge >= 0.3 is 0 Å². The van der Waals surface area contributed by atoms with Crippen LogP contribution >= 0.6 is 0 Å². The first-order valence-corrected chi connectivity index (χ1v) is 14.8. The third-order valence-electron chi connectivity index (χ3n) is 8.65. The van der Waals surface area contributed by atoms with Gasteiger partial charge in [0.2, 0.25) is 0 Å². The Hall–Kier alpha value is -5.84. The Bertz CT molecular complexity index is 2130. The number of pyridine rings is 2. The minimum absolute atomic E-state index is 0.0749. The number of hydrogen-bond acceptors (Lipinski definition) is 8. The van der Waals surface area contributed by atoms with Gasteiger partial charge in [0.15, 0.2) is 23.6 Å². The summed E-state index contributed by atoms with van der Waals surface area (Å²) < 4.78 is 3.81. The standard InChI is InChI=1S/C34H28N8O3/c35-31-25(3-1-12-36-31)32-40-30-26(19-4-5-19)17-29(41-14-2-13-37-41)39-33(30)42(32)23-8-9-24-20(16-23)6-10-27(24)38-34(45)21-7-11-28(44)22(15-21)18-43/h1-3,7-9,11-19,27,44H,4-6,10H2,(H2,35,36)(H,38,45)/t27-/m0/s1. The SMILES string of the molecule is Nc1ncccc1-c1nc2c(C3CC3)cc(-n3cccn3)nc2n1-c1ccc2c(c1)CC[C@@H]2NC(=O)c1ccc(O)c(C=O)c1. The number of rotatable bonds is 7. The number of nitrogens with zero attached hydrogens (tertiary/aromatic N) is 6. The minimum atomic E-state index is -0.307. The molecule has 11 nitrogen and oxygen atoms in total. The Balaban J connectivity index is 1.23. The molecule has 0 aliphatic heterocycles. The van der Waals surface area contributed by atoms with Crippen LogP contribution in [0.15, 0.2) is 79.3 Å². The lowest BCUT2D eigenvalue weighted by Gasteiger charge is -2.16. The molecule has 0 radical (unpaired) electrons. The number of aromatic hydroxyl groups is 1. The van der Waals surface area contributed by atoms with Crippen LogP contribution in [0.4, 0.5) is 5.82 Å². The molecule has 1 amide bonds. The van der Waals surface area contributed by atoms with Crippen molar-refractivity contribution in [2.24, 2.45) is 0 Å². The molecule has 6 aromatic rings. The lowest BCUT2D eigenvalue weighted by Crippen LogP contribution is -2.27. The lowest BCUT2D eigenvalue weighted by molar-refractivity contribution is 0.0936. The Morgan fingerprint density at radius 3 is 2.67 bits per heavy atom. The van der Waals surface area contributed by atoms with E-state index in [1.54, 1.807) is 17.1 Å². The number of nitrogens with two attached hydrogens (primary N) is 1. The summed E-state index contributed by atoms with van der Waals surface area (Å²) in [5.74, 6) is 1.70. The van der Waals surface area contributed by atoms with Crippen molar-refractivity contribution in [3.8, 4) is 28.6 Å². The highest BCUT2D eigenvalue weighted by molar-refractivity contribution is 5.97. The Kier molecular flexibility index (Phi) is 6.19. The Morgan fingerprint density at radius 1 is 1.00 bits per heavy atom. The highest BCUT2D eigenvalue weighted by Gasteiger charge is 2.31. The molecule has 4 heterocycles. The van der Waals surface area contributed by atoms with E-state index >= 15 is 0 Å². The summed E-state index contributed by atoms with van der Waals surface area (Å²) in [4.78, 5) is 38.9. The number of nitrogens with one attached hydrogen (secondary N) is 1. The molecule has 2 aliphatic carbocycles. The van der Waals surface area contributed by atoms with E-state index in [9.17, 15) is 14.7 Å². The molecule has 222 valence electrons. The first-order valence-electron chi connectivity index (χ1n) is 14.8. The maximum Gasteiger partial charge on any atom is 0.251 e. The van der Waals surface area contributed by atoms with Crippen LogP contribution in [-0.2, 0) is 6.42 Å². The molecule has 11 heteroatoms. The van der Waals surface area contributed by atoms with Crippen molar-refractivity contribution in [3.63, 3.8) is 0 Å². The van der Waals surface area contributed by atoms with E-state index in [0.29, 0.717) is 40.6 Å². The Morgan fingerprint density at radius 2 is 1.89 bits per heavy atom. The smallest absolute Gasteiger partial charge is 0.251 e. The number of phenols is 1. The number of nitrogen functional groups attached to an aromatic ring is 1. The lowest BCUT2D eigenvalue weighted by atomic mass is 10.1. The zero-order chi connectivity index (χ0) is 30.7. The van der Waals surface area contributed by atoms with Crippen LogP contribution in [0.5, 0.6) is 5.75 Å². The summed E-state index contributed by atoms with van der Waals surface area (Å²) in [5, 5.41) is 17.4. The number of phenolic OH excluding ortho intramolecular Hbond substituents is 1. The number of aldehydes is 1. The molecule has 2 aromatic carbocycles. The fourth-order valence-electron chi connectivity index (χ4n) is 6.24. The Labute approximate surface area is 257 Å². The number of anilines is 1. The van der Waals surface area contributed by atoms with Gasteiger partial charge in [0.25, 0.3) is 5.91 Å². The van der Waals surface area contributed by atoms with Gasteiger partial charge in [-0.25, -0.2) is 19.6 Å². The molecular formula is C34H28N8O3. The molecule has 0 saturated heterocycles. The van der Waals surface area contributed by atoms with Gasteiger partial charge in [-0.15, -0.1) is 0 Å². The van der Waals surface area contributed by atoms with Crippen LogP contribution in [0.2, 0.25) is 0 Å². The van der Waals surface area contributed by atoms with Crippen LogP contribution < -0.4 is 11.1 Å². The summed E-state index contributed by atoms with van der Waals surface area (Å²) in [6, 6.07) is 18.0. The van der Waals surface area contributed by atoms with E-state index in [0.717, 1.165) is 59.4 Å². The van der Waals surface area contributed by atoms with E-state index < -0.39 is 0 Å². The first-order chi connectivity index (χ1) is 22.0. The van der Waals surface area contributed by atoms with E-state index in [1.165, 1.54) is 18.2 Å². The second kappa shape index (κ2) is 10.4. The highest BCUT2D eigenvalue weighted by Crippen LogP contribution is 2.45. The van der Waals surface area contributed by atoms with Crippen molar-refractivity contribution >= 4 is 29.2 Å². The van der Waals surface area contributed by atoms with Crippen LogP contribution in [0.3, 0.4) is 0 Å². The maximum atomic E-state index is 13.1. The predicted molar refractivity (Wildman–Crippen MR) is 168 cm³/mol. The van der Waals surface area contributed by atoms with Crippen LogP contribution in [0.1, 0.15) is 68.6 Å². The molecule has 1 fully saturated rings. The van der Waals surface area contributed by atoms with Crippen molar-refractivity contribution in [2.45, 2.75) is 37.6 Å². The van der Waals surface area contributed by atoms with Gasteiger partial charge < -0.3 is 16.2 Å². The molecule has 4 aromatic heterocycles. The topological polar surface area (TPSA) is 154 Å². The first kappa shape index (κ1) is 26.8. The minimum Gasteiger partial charge on any atom is -0.507 e. The molecule has 0 spiro atoms. The molecule has 4 N–H and O–H groups in total. The molecule has 0 unspecified atom stereocenters. The van der Waals surface area contributed by atoms with E-state index in [2.05, 4.69) is 27.5 Å².